The number of hydrogen-bond acceptors (Lipinski definition) is 4. The van der Waals surface area contributed by atoms with Crippen LogP contribution in [0.3, 0.4) is 0 Å². The number of aryl methyl sites for hydroxylation is 2. The molecule has 1 saturated carbocycles. The van der Waals surface area contributed by atoms with Gasteiger partial charge in [0.15, 0.2) is 11.5 Å². The summed E-state index contributed by atoms with van der Waals surface area (Å²) >= 11 is 5.93. The number of rotatable bonds is 4. The number of carbonyl (C=O) groups excluding carboxylic acids is 1. The van der Waals surface area contributed by atoms with E-state index in [9.17, 15) is 18.0 Å². The standard InChI is InChI=1S/C15H16ClF3N4O2/c1-6-11(8(3)25-22-6)20-14(24)7(2)23-12(9-4-5-9)10(16)13(21-23)15(17,18)19/h7,9H,4-5H2,1-3H3,(H,20,24). The predicted octanol–water partition coefficient (Wildman–Crippen LogP) is 4.24. The van der Waals surface area contributed by atoms with Gasteiger partial charge in [-0.05, 0) is 33.6 Å². The van der Waals surface area contributed by atoms with Crippen LogP contribution in [0.25, 0.3) is 0 Å². The first-order chi connectivity index (χ1) is 11.6. The van der Waals surface area contributed by atoms with Crippen molar-refractivity contribution in [2.45, 2.75) is 51.7 Å². The van der Waals surface area contributed by atoms with Crippen LogP contribution in [0.15, 0.2) is 4.52 Å². The lowest BCUT2D eigenvalue weighted by Crippen LogP contribution is -2.26. The van der Waals surface area contributed by atoms with E-state index < -0.39 is 28.8 Å². The van der Waals surface area contributed by atoms with E-state index in [1.54, 1.807) is 13.8 Å². The first-order valence-electron chi connectivity index (χ1n) is 7.70. The highest BCUT2D eigenvalue weighted by Crippen LogP contribution is 2.47. The van der Waals surface area contributed by atoms with Gasteiger partial charge in [0.2, 0.25) is 5.91 Å². The minimum Gasteiger partial charge on any atom is -0.359 e. The van der Waals surface area contributed by atoms with Crippen LogP contribution in [0.2, 0.25) is 5.02 Å². The third-order valence-electron chi connectivity index (χ3n) is 4.15. The number of hydrogen-bond donors (Lipinski definition) is 1. The molecule has 136 valence electrons. The molecule has 1 aliphatic rings. The zero-order valence-electron chi connectivity index (χ0n) is 13.7. The van der Waals surface area contributed by atoms with E-state index in [1.165, 1.54) is 6.92 Å². The Kier molecular flexibility index (Phi) is 4.30. The van der Waals surface area contributed by atoms with E-state index in [0.29, 0.717) is 17.1 Å². The quantitative estimate of drug-likeness (QED) is 0.866. The van der Waals surface area contributed by atoms with Crippen LogP contribution in [-0.4, -0.2) is 20.8 Å². The van der Waals surface area contributed by atoms with E-state index in [-0.39, 0.29) is 11.6 Å². The van der Waals surface area contributed by atoms with E-state index in [0.717, 1.165) is 17.5 Å². The molecule has 2 aromatic rings. The number of nitrogens with one attached hydrogen (secondary N) is 1. The fourth-order valence-electron chi connectivity index (χ4n) is 2.63. The molecule has 1 amide bonds. The van der Waals surface area contributed by atoms with Gasteiger partial charge in [-0.15, -0.1) is 0 Å². The van der Waals surface area contributed by atoms with Crippen molar-refractivity contribution in [3.63, 3.8) is 0 Å². The second-order valence-electron chi connectivity index (χ2n) is 6.13. The van der Waals surface area contributed by atoms with Crippen LogP contribution in [0.1, 0.15) is 54.6 Å². The van der Waals surface area contributed by atoms with E-state index in [4.69, 9.17) is 16.1 Å². The molecule has 1 unspecified atom stereocenters. The van der Waals surface area contributed by atoms with Gasteiger partial charge < -0.3 is 9.84 Å². The fraction of sp³-hybridized carbons (Fsp3) is 0.533. The molecule has 0 radical (unpaired) electrons. The minimum absolute atomic E-state index is 0.106. The smallest absolute Gasteiger partial charge is 0.359 e. The van der Waals surface area contributed by atoms with Gasteiger partial charge >= 0.3 is 6.18 Å². The molecule has 0 aliphatic heterocycles. The van der Waals surface area contributed by atoms with Crippen molar-refractivity contribution in [1.82, 2.24) is 14.9 Å². The summed E-state index contributed by atoms with van der Waals surface area (Å²) in [6.07, 6.45) is -3.23. The first-order valence-corrected chi connectivity index (χ1v) is 8.07. The van der Waals surface area contributed by atoms with Gasteiger partial charge in [0, 0.05) is 5.92 Å². The highest BCUT2D eigenvalue weighted by atomic mass is 35.5. The highest BCUT2D eigenvalue weighted by molar-refractivity contribution is 6.32. The number of anilines is 1. The SMILES string of the molecule is Cc1noc(C)c1NC(=O)C(C)n1nc(C(F)(F)F)c(Cl)c1C1CC1. The van der Waals surface area contributed by atoms with Gasteiger partial charge in [0.25, 0.3) is 0 Å². The van der Waals surface area contributed by atoms with Crippen LogP contribution in [0.4, 0.5) is 18.9 Å². The molecule has 0 aromatic carbocycles. The Balaban J connectivity index is 1.94. The molecule has 1 aliphatic carbocycles. The topological polar surface area (TPSA) is 73.0 Å². The second-order valence-corrected chi connectivity index (χ2v) is 6.51. The Labute approximate surface area is 146 Å². The van der Waals surface area contributed by atoms with Crippen molar-refractivity contribution < 1.29 is 22.5 Å². The molecule has 0 spiro atoms. The number of alkyl halides is 3. The van der Waals surface area contributed by atoms with Crippen molar-refractivity contribution in [2.75, 3.05) is 5.32 Å². The van der Waals surface area contributed by atoms with Crippen molar-refractivity contribution in [3.8, 4) is 0 Å². The zero-order chi connectivity index (χ0) is 18.5. The average molecular weight is 377 g/mol. The molecular formula is C15H16ClF3N4O2. The molecule has 2 heterocycles. The Bertz CT molecular complexity index is 804. The maximum absolute atomic E-state index is 13.1. The number of nitrogens with zero attached hydrogens (tertiary/aromatic N) is 3. The minimum atomic E-state index is -4.68. The Morgan fingerprint density at radius 2 is 2.04 bits per heavy atom. The number of aromatic nitrogens is 3. The molecular weight excluding hydrogens is 361 g/mol. The summed E-state index contributed by atoms with van der Waals surface area (Å²) in [5, 5.41) is 9.53. The summed E-state index contributed by atoms with van der Waals surface area (Å²) in [7, 11) is 0. The predicted molar refractivity (Wildman–Crippen MR) is 83.5 cm³/mol. The molecule has 0 saturated heterocycles. The van der Waals surface area contributed by atoms with Gasteiger partial charge in [0.1, 0.15) is 17.4 Å². The molecule has 25 heavy (non-hydrogen) atoms. The van der Waals surface area contributed by atoms with Gasteiger partial charge in [-0.1, -0.05) is 16.8 Å². The molecule has 1 N–H and O–H groups in total. The fourth-order valence-corrected chi connectivity index (χ4v) is 3.01. The molecule has 3 rings (SSSR count). The molecule has 0 bridgehead atoms. The van der Waals surface area contributed by atoms with Crippen molar-refractivity contribution in [1.29, 1.82) is 0 Å². The van der Waals surface area contributed by atoms with Crippen molar-refractivity contribution >= 4 is 23.2 Å². The maximum Gasteiger partial charge on any atom is 0.436 e. The summed E-state index contributed by atoms with van der Waals surface area (Å²) < 4.78 is 45.4. The van der Waals surface area contributed by atoms with Crippen LogP contribution >= 0.6 is 11.6 Å². The summed E-state index contributed by atoms with van der Waals surface area (Å²) in [5.74, 6) is -0.218. The lowest BCUT2D eigenvalue weighted by molar-refractivity contribution is -0.141. The summed E-state index contributed by atoms with van der Waals surface area (Å²) in [6.45, 7) is 4.75. The van der Waals surface area contributed by atoms with Gasteiger partial charge in [0.05, 0.1) is 10.7 Å². The summed E-state index contributed by atoms with van der Waals surface area (Å²) in [4.78, 5) is 12.5. The third-order valence-corrected chi connectivity index (χ3v) is 4.52. The van der Waals surface area contributed by atoms with Gasteiger partial charge in [-0.25, -0.2) is 0 Å². The summed E-state index contributed by atoms with van der Waals surface area (Å²) in [5.41, 5.74) is -0.0162. The number of amides is 1. The number of carbonyl (C=O) groups is 1. The van der Waals surface area contributed by atoms with Crippen LogP contribution < -0.4 is 5.32 Å². The third kappa shape index (κ3) is 3.24. The first kappa shape index (κ1) is 17.8. The Morgan fingerprint density at radius 3 is 2.52 bits per heavy atom. The highest BCUT2D eigenvalue weighted by Gasteiger charge is 2.43. The zero-order valence-corrected chi connectivity index (χ0v) is 14.5. The largest absolute Gasteiger partial charge is 0.436 e. The second kappa shape index (κ2) is 6.05. The van der Waals surface area contributed by atoms with Crippen LogP contribution in [0.5, 0.6) is 0 Å². The maximum atomic E-state index is 13.1. The van der Waals surface area contributed by atoms with E-state index in [2.05, 4.69) is 15.6 Å². The molecule has 6 nitrogen and oxygen atoms in total. The molecule has 1 fully saturated rings. The molecule has 1 atom stereocenters. The number of halogens is 4. The van der Waals surface area contributed by atoms with E-state index in [1.807, 2.05) is 0 Å². The Hall–Kier alpha value is -2.03. The lowest BCUT2D eigenvalue weighted by atomic mass is 10.2. The van der Waals surface area contributed by atoms with Gasteiger partial charge in [-0.2, -0.15) is 18.3 Å². The molecule has 2 aromatic heterocycles. The van der Waals surface area contributed by atoms with Gasteiger partial charge in [-0.3, -0.25) is 9.48 Å². The monoisotopic (exact) mass is 376 g/mol. The van der Waals surface area contributed by atoms with Crippen LogP contribution in [0, 0.1) is 13.8 Å². The molecule has 10 heteroatoms. The normalized spacial score (nSPS) is 16.1. The average Bonchev–Trinajstić information content (AvgIpc) is 3.23. The van der Waals surface area contributed by atoms with Crippen molar-refractivity contribution in [3.05, 3.63) is 27.9 Å². The van der Waals surface area contributed by atoms with E-state index >= 15 is 0 Å². The van der Waals surface area contributed by atoms with Crippen molar-refractivity contribution in [2.24, 2.45) is 0 Å². The lowest BCUT2D eigenvalue weighted by Gasteiger charge is -2.15. The summed E-state index contributed by atoms with van der Waals surface area (Å²) in [6, 6.07) is -0.974. The van der Waals surface area contributed by atoms with Crippen LogP contribution in [-0.2, 0) is 11.0 Å². The Morgan fingerprint density at radius 1 is 1.40 bits per heavy atom.